The Morgan fingerprint density at radius 1 is 1.42 bits per heavy atom. The van der Waals surface area contributed by atoms with E-state index in [4.69, 9.17) is 0 Å². The normalized spacial score (nSPS) is 27.0. The molecule has 0 N–H and O–H groups in total. The van der Waals surface area contributed by atoms with Crippen molar-refractivity contribution in [1.82, 2.24) is 14.7 Å². The van der Waals surface area contributed by atoms with Crippen molar-refractivity contribution in [3.05, 3.63) is 18.0 Å². The van der Waals surface area contributed by atoms with E-state index >= 15 is 0 Å². The van der Waals surface area contributed by atoms with Crippen molar-refractivity contribution in [3.8, 4) is 0 Å². The number of carbonyl (C=O) groups is 2. The molecule has 1 aliphatic heterocycles. The monoisotopic (exact) mass is 339 g/mol. The highest BCUT2D eigenvalue weighted by Gasteiger charge is 2.54. The fourth-order valence-corrected chi connectivity index (χ4v) is 3.97. The van der Waals surface area contributed by atoms with E-state index in [2.05, 4.69) is 5.10 Å². The van der Waals surface area contributed by atoms with E-state index in [9.17, 15) is 18.4 Å². The van der Waals surface area contributed by atoms with Crippen LogP contribution in [-0.4, -0.2) is 45.4 Å². The van der Waals surface area contributed by atoms with Crippen molar-refractivity contribution >= 4 is 11.7 Å². The van der Waals surface area contributed by atoms with Gasteiger partial charge < -0.3 is 4.90 Å². The van der Waals surface area contributed by atoms with E-state index in [1.54, 1.807) is 17.9 Å². The first kappa shape index (κ1) is 17.0. The van der Waals surface area contributed by atoms with Gasteiger partial charge in [-0.3, -0.25) is 14.3 Å². The van der Waals surface area contributed by atoms with Crippen LogP contribution in [0, 0.1) is 11.3 Å². The molecule has 1 aromatic rings. The number of likely N-dealkylation sites (tertiary alicyclic amines) is 1. The number of alkyl halides is 2. The molecule has 0 spiro atoms. The minimum atomic E-state index is -3.47. The summed E-state index contributed by atoms with van der Waals surface area (Å²) in [5.41, 5.74) is 0.650. The topological polar surface area (TPSA) is 55.2 Å². The minimum Gasteiger partial charge on any atom is -0.336 e. The highest BCUT2D eigenvalue weighted by Crippen LogP contribution is 2.45. The third kappa shape index (κ3) is 2.84. The fourth-order valence-electron chi connectivity index (χ4n) is 3.97. The van der Waals surface area contributed by atoms with Gasteiger partial charge in [0.1, 0.15) is 5.78 Å². The first-order valence-electron chi connectivity index (χ1n) is 8.28. The van der Waals surface area contributed by atoms with Gasteiger partial charge in [-0.15, -0.1) is 0 Å². The number of carbonyl (C=O) groups excluding carboxylic acids is 2. The summed E-state index contributed by atoms with van der Waals surface area (Å²) in [6.45, 7) is 4.50. The standard InChI is InChI=1S/C17H23F2N3O2/c1-16(2)10-22(9-14(16)11-7-20-21(3)8-11)15(24)17(18,19)12-4-5-13(23)6-12/h7-8,12,14H,4-6,9-10H2,1-3H3. The van der Waals surface area contributed by atoms with Gasteiger partial charge in [-0.05, 0) is 17.4 Å². The molecule has 7 heteroatoms. The SMILES string of the molecule is Cn1cc(C2CN(C(=O)C(F)(F)C3CCC(=O)C3)CC2(C)C)cn1. The Bertz CT molecular complexity index is 669. The van der Waals surface area contributed by atoms with Gasteiger partial charge in [-0.25, -0.2) is 0 Å². The lowest BCUT2D eigenvalue weighted by molar-refractivity contribution is -0.165. The van der Waals surface area contributed by atoms with Crippen molar-refractivity contribution in [2.45, 2.75) is 45.0 Å². The van der Waals surface area contributed by atoms with Gasteiger partial charge in [-0.2, -0.15) is 13.9 Å². The molecular weight excluding hydrogens is 316 g/mol. The number of ketones is 1. The van der Waals surface area contributed by atoms with Crippen molar-refractivity contribution in [2.75, 3.05) is 13.1 Å². The summed E-state index contributed by atoms with van der Waals surface area (Å²) < 4.78 is 30.8. The number of rotatable bonds is 3. The van der Waals surface area contributed by atoms with Crippen LogP contribution in [0.1, 0.15) is 44.6 Å². The second-order valence-electron chi connectivity index (χ2n) is 7.78. The highest BCUT2D eigenvalue weighted by atomic mass is 19.3. The molecule has 2 unspecified atom stereocenters. The molecule has 5 nitrogen and oxygen atoms in total. The van der Waals surface area contributed by atoms with E-state index in [1.807, 2.05) is 20.0 Å². The lowest BCUT2D eigenvalue weighted by Gasteiger charge is -2.27. The number of aromatic nitrogens is 2. The number of hydrogen-bond acceptors (Lipinski definition) is 3. The predicted octanol–water partition coefficient (Wildman–Crippen LogP) is 2.38. The van der Waals surface area contributed by atoms with Gasteiger partial charge >= 0.3 is 5.92 Å². The second-order valence-corrected chi connectivity index (χ2v) is 7.78. The van der Waals surface area contributed by atoms with Crippen LogP contribution < -0.4 is 0 Å². The van der Waals surface area contributed by atoms with Crippen LogP contribution in [0.4, 0.5) is 8.78 Å². The average molecular weight is 339 g/mol. The Morgan fingerprint density at radius 2 is 2.12 bits per heavy atom. The van der Waals surface area contributed by atoms with Gasteiger partial charge in [0.25, 0.3) is 5.91 Å². The first-order chi connectivity index (χ1) is 11.1. The number of amides is 1. The molecule has 3 rings (SSSR count). The quantitative estimate of drug-likeness (QED) is 0.850. The maximum Gasteiger partial charge on any atom is 0.327 e. The molecule has 0 aromatic carbocycles. The Balaban J connectivity index is 1.78. The van der Waals surface area contributed by atoms with E-state index in [0.717, 1.165) is 5.56 Å². The van der Waals surface area contributed by atoms with Crippen LogP contribution in [-0.2, 0) is 16.6 Å². The molecule has 1 aromatic heterocycles. The first-order valence-corrected chi connectivity index (χ1v) is 8.28. The molecule has 1 amide bonds. The molecule has 2 fully saturated rings. The number of hydrogen-bond donors (Lipinski definition) is 0. The van der Waals surface area contributed by atoms with Crippen molar-refractivity contribution < 1.29 is 18.4 Å². The summed E-state index contributed by atoms with van der Waals surface area (Å²) in [6.07, 6.45) is 3.66. The van der Waals surface area contributed by atoms with Crippen LogP contribution in [0.15, 0.2) is 12.4 Å². The molecule has 1 saturated carbocycles. The molecule has 24 heavy (non-hydrogen) atoms. The lowest BCUT2D eigenvalue weighted by atomic mass is 9.79. The predicted molar refractivity (Wildman–Crippen MR) is 83.6 cm³/mol. The zero-order valence-electron chi connectivity index (χ0n) is 14.3. The van der Waals surface area contributed by atoms with Crippen molar-refractivity contribution in [2.24, 2.45) is 18.4 Å². The number of Topliss-reactive ketones (excluding diaryl/α,β-unsaturated/α-hetero) is 1. The Kier molecular flexibility index (Phi) is 4.00. The summed E-state index contributed by atoms with van der Waals surface area (Å²) in [7, 11) is 1.81. The third-order valence-electron chi connectivity index (χ3n) is 5.40. The van der Waals surface area contributed by atoms with Crippen LogP contribution in [0.25, 0.3) is 0 Å². The average Bonchev–Trinajstić information content (AvgIpc) is 3.17. The van der Waals surface area contributed by atoms with Crippen molar-refractivity contribution in [3.63, 3.8) is 0 Å². The van der Waals surface area contributed by atoms with Crippen LogP contribution in [0.5, 0.6) is 0 Å². The zero-order valence-corrected chi connectivity index (χ0v) is 14.3. The highest BCUT2D eigenvalue weighted by molar-refractivity contribution is 5.87. The summed E-state index contributed by atoms with van der Waals surface area (Å²) in [4.78, 5) is 25.1. The van der Waals surface area contributed by atoms with Gasteiger partial charge in [-0.1, -0.05) is 13.8 Å². The summed E-state index contributed by atoms with van der Waals surface area (Å²) >= 11 is 0. The molecule has 0 bridgehead atoms. The largest absolute Gasteiger partial charge is 0.336 e. The summed E-state index contributed by atoms with van der Waals surface area (Å²) in [5, 5.41) is 4.14. The van der Waals surface area contributed by atoms with Crippen LogP contribution in [0.3, 0.4) is 0 Å². The number of nitrogens with zero attached hydrogens (tertiary/aromatic N) is 3. The molecule has 132 valence electrons. The maximum atomic E-state index is 14.6. The van der Waals surface area contributed by atoms with Gasteiger partial charge in [0.2, 0.25) is 0 Å². The van der Waals surface area contributed by atoms with Crippen LogP contribution in [0.2, 0.25) is 0 Å². The number of halogens is 2. The van der Waals surface area contributed by atoms with Crippen LogP contribution >= 0.6 is 0 Å². The molecule has 2 atom stereocenters. The smallest absolute Gasteiger partial charge is 0.327 e. The van der Waals surface area contributed by atoms with Crippen molar-refractivity contribution in [1.29, 1.82) is 0 Å². The molecular formula is C17H23F2N3O2. The third-order valence-corrected chi connectivity index (χ3v) is 5.40. The Morgan fingerprint density at radius 3 is 2.67 bits per heavy atom. The van der Waals surface area contributed by atoms with Gasteiger partial charge in [0.05, 0.1) is 6.20 Å². The minimum absolute atomic E-state index is 0.0313. The van der Waals surface area contributed by atoms with E-state index < -0.39 is 17.7 Å². The summed E-state index contributed by atoms with van der Waals surface area (Å²) in [5.74, 6) is -5.97. The Labute approximate surface area is 140 Å². The molecule has 1 saturated heterocycles. The number of aryl methyl sites for hydroxylation is 1. The molecule has 1 aliphatic carbocycles. The molecule has 0 radical (unpaired) electrons. The molecule has 2 aliphatic rings. The van der Waals surface area contributed by atoms with Gasteiger partial charge in [0, 0.05) is 51.0 Å². The Hall–Kier alpha value is -1.79. The summed E-state index contributed by atoms with van der Waals surface area (Å²) in [6, 6.07) is 0. The van der Waals surface area contributed by atoms with E-state index in [1.165, 1.54) is 4.90 Å². The second kappa shape index (κ2) is 5.63. The van der Waals surface area contributed by atoms with Gasteiger partial charge in [0.15, 0.2) is 0 Å². The fraction of sp³-hybridized carbons (Fsp3) is 0.706. The van der Waals surface area contributed by atoms with E-state index in [-0.39, 0.29) is 49.5 Å². The van der Waals surface area contributed by atoms with E-state index in [0.29, 0.717) is 0 Å². The molecule has 2 heterocycles. The lowest BCUT2D eigenvalue weighted by Crippen LogP contribution is -2.46. The zero-order chi connectivity index (χ0) is 17.7. The maximum absolute atomic E-state index is 14.6.